The summed E-state index contributed by atoms with van der Waals surface area (Å²) < 4.78 is 5.20. The highest BCUT2D eigenvalue weighted by Gasteiger charge is 2.32. The van der Waals surface area contributed by atoms with E-state index in [2.05, 4.69) is 11.1 Å². The molecule has 2 heterocycles. The van der Waals surface area contributed by atoms with Gasteiger partial charge >= 0.3 is 5.97 Å². The van der Waals surface area contributed by atoms with Crippen LogP contribution < -0.4 is 0 Å². The quantitative estimate of drug-likeness (QED) is 0.680. The van der Waals surface area contributed by atoms with Crippen molar-refractivity contribution < 1.29 is 14.3 Å². The molecule has 0 saturated carbocycles. The fourth-order valence-corrected chi connectivity index (χ4v) is 3.88. The number of esters is 1. The molecule has 1 atom stereocenters. The number of hydrogen-bond donors (Lipinski definition) is 1. The van der Waals surface area contributed by atoms with Gasteiger partial charge in [0.05, 0.1) is 0 Å². The number of ether oxygens (including phenoxy) is 1. The molecule has 0 unspecified atom stereocenters. The minimum atomic E-state index is -0.407. The molecular formula is C18H19NO3S. The van der Waals surface area contributed by atoms with Crippen LogP contribution in [0.15, 0.2) is 29.7 Å². The molecule has 0 spiro atoms. The highest BCUT2D eigenvalue weighted by atomic mass is 32.1. The number of ketones is 1. The van der Waals surface area contributed by atoms with Crippen LogP contribution in [0.3, 0.4) is 0 Å². The number of nitrogens with one attached hydrogen (secondary N) is 1. The third-order valence-corrected chi connectivity index (χ3v) is 5.22. The Labute approximate surface area is 139 Å². The van der Waals surface area contributed by atoms with E-state index < -0.39 is 5.97 Å². The van der Waals surface area contributed by atoms with Crippen LogP contribution in [-0.4, -0.2) is 23.3 Å². The van der Waals surface area contributed by atoms with Gasteiger partial charge in [-0.1, -0.05) is 18.2 Å². The molecule has 3 rings (SSSR count). The summed E-state index contributed by atoms with van der Waals surface area (Å²) >= 11 is 1.67. The third-order valence-electron chi connectivity index (χ3n) is 4.18. The number of aromatic nitrogens is 1. The number of hydrogen-bond acceptors (Lipinski definition) is 4. The first-order valence-electron chi connectivity index (χ1n) is 7.68. The average Bonchev–Trinajstić information content (AvgIpc) is 3.15. The van der Waals surface area contributed by atoms with E-state index in [-0.39, 0.29) is 18.3 Å². The van der Waals surface area contributed by atoms with Crippen molar-refractivity contribution in [1.29, 1.82) is 0 Å². The summed E-state index contributed by atoms with van der Waals surface area (Å²) in [5.74, 6) is -0.110. The summed E-state index contributed by atoms with van der Waals surface area (Å²) in [7, 11) is 0. The lowest BCUT2D eigenvalue weighted by atomic mass is 9.84. The Hall–Kier alpha value is -2.14. The Kier molecular flexibility index (Phi) is 4.48. The Bertz CT molecular complexity index is 756. The first kappa shape index (κ1) is 15.7. The minimum Gasteiger partial charge on any atom is -0.457 e. The standard InChI is InChI=1S/C18H19NO3S/c1-3-4-7-22-18(21)17-11(2)16-13(19-17)9-12(10-14(16)20)15-6-5-8-23-15/h3-6,8,12,19H,7,9-10H2,1-2H3/b4-3+/t12-/m1/s1. The zero-order valence-electron chi connectivity index (χ0n) is 13.2. The lowest BCUT2D eigenvalue weighted by Crippen LogP contribution is -2.17. The summed E-state index contributed by atoms with van der Waals surface area (Å²) in [4.78, 5) is 29.1. The molecule has 23 heavy (non-hydrogen) atoms. The summed E-state index contributed by atoms with van der Waals surface area (Å²) in [5, 5.41) is 2.03. The zero-order chi connectivity index (χ0) is 16.4. The normalized spacial score (nSPS) is 17.5. The van der Waals surface area contributed by atoms with Gasteiger partial charge in [-0.25, -0.2) is 4.79 Å². The Morgan fingerprint density at radius 3 is 3.00 bits per heavy atom. The molecule has 0 aromatic carbocycles. The number of Topliss-reactive ketones (excluding diaryl/α,β-unsaturated/α-hetero) is 1. The molecule has 0 aliphatic heterocycles. The van der Waals surface area contributed by atoms with Gasteiger partial charge in [0.15, 0.2) is 5.78 Å². The summed E-state index contributed by atoms with van der Waals surface area (Å²) in [6, 6.07) is 4.07. The number of carbonyl (C=O) groups is 2. The monoisotopic (exact) mass is 329 g/mol. The van der Waals surface area contributed by atoms with Crippen LogP contribution in [-0.2, 0) is 11.2 Å². The van der Waals surface area contributed by atoms with Gasteiger partial charge in [0, 0.05) is 28.5 Å². The Morgan fingerprint density at radius 1 is 1.48 bits per heavy atom. The maximum Gasteiger partial charge on any atom is 0.355 e. The van der Waals surface area contributed by atoms with Crippen LogP contribution in [0, 0.1) is 6.92 Å². The number of fused-ring (bicyclic) bond motifs is 1. The second-order valence-electron chi connectivity index (χ2n) is 5.69. The minimum absolute atomic E-state index is 0.103. The number of rotatable bonds is 4. The predicted molar refractivity (Wildman–Crippen MR) is 90.3 cm³/mol. The number of aromatic amines is 1. The van der Waals surface area contributed by atoms with Crippen molar-refractivity contribution in [2.75, 3.05) is 6.61 Å². The van der Waals surface area contributed by atoms with Crippen molar-refractivity contribution in [1.82, 2.24) is 4.98 Å². The van der Waals surface area contributed by atoms with E-state index in [1.54, 1.807) is 17.4 Å². The molecular weight excluding hydrogens is 310 g/mol. The molecule has 1 aliphatic carbocycles. The molecule has 2 aromatic rings. The molecule has 0 saturated heterocycles. The third kappa shape index (κ3) is 3.01. The molecule has 0 fully saturated rings. The molecule has 2 aromatic heterocycles. The summed E-state index contributed by atoms with van der Waals surface area (Å²) in [5.41, 5.74) is 2.64. The van der Waals surface area contributed by atoms with Crippen LogP contribution in [0.2, 0.25) is 0 Å². The smallest absolute Gasteiger partial charge is 0.355 e. The number of carbonyl (C=O) groups excluding carboxylic acids is 2. The highest BCUT2D eigenvalue weighted by Crippen LogP contribution is 2.36. The number of thiophene rings is 1. The average molecular weight is 329 g/mol. The van der Waals surface area contributed by atoms with Gasteiger partial charge in [-0.05, 0) is 37.3 Å². The van der Waals surface area contributed by atoms with E-state index in [1.165, 1.54) is 4.88 Å². The van der Waals surface area contributed by atoms with Crippen LogP contribution in [0.5, 0.6) is 0 Å². The van der Waals surface area contributed by atoms with E-state index in [4.69, 9.17) is 4.74 Å². The first-order valence-corrected chi connectivity index (χ1v) is 8.56. The van der Waals surface area contributed by atoms with Crippen molar-refractivity contribution in [3.63, 3.8) is 0 Å². The SMILES string of the molecule is C/C=C/COC(=O)c1[nH]c2c(c1C)C(=O)C[C@H](c1cccs1)C2. The molecule has 5 heteroatoms. The van der Waals surface area contributed by atoms with Crippen molar-refractivity contribution in [2.24, 2.45) is 0 Å². The van der Waals surface area contributed by atoms with E-state index in [1.807, 2.05) is 31.4 Å². The largest absolute Gasteiger partial charge is 0.457 e. The van der Waals surface area contributed by atoms with Crippen LogP contribution in [0.4, 0.5) is 0 Å². The van der Waals surface area contributed by atoms with Crippen molar-refractivity contribution >= 4 is 23.1 Å². The topological polar surface area (TPSA) is 59.2 Å². The number of allylic oxidation sites excluding steroid dienone is 1. The van der Waals surface area contributed by atoms with Crippen LogP contribution >= 0.6 is 11.3 Å². The van der Waals surface area contributed by atoms with Gasteiger partial charge < -0.3 is 9.72 Å². The van der Waals surface area contributed by atoms with E-state index in [0.717, 1.165) is 12.1 Å². The molecule has 0 radical (unpaired) electrons. The maximum atomic E-state index is 12.5. The summed E-state index contributed by atoms with van der Waals surface area (Å²) in [6.45, 7) is 3.92. The maximum absolute atomic E-state index is 12.5. The zero-order valence-corrected chi connectivity index (χ0v) is 14.0. The van der Waals surface area contributed by atoms with Gasteiger partial charge in [0.25, 0.3) is 0 Å². The molecule has 1 aliphatic rings. The lowest BCUT2D eigenvalue weighted by molar-refractivity contribution is 0.0542. The number of H-pyrrole nitrogens is 1. The second kappa shape index (κ2) is 6.54. The fraction of sp³-hybridized carbons (Fsp3) is 0.333. The van der Waals surface area contributed by atoms with Gasteiger partial charge in [-0.3, -0.25) is 4.79 Å². The molecule has 1 N–H and O–H groups in total. The second-order valence-corrected chi connectivity index (χ2v) is 6.67. The Balaban J connectivity index is 1.87. The molecule has 0 bridgehead atoms. The van der Waals surface area contributed by atoms with Gasteiger partial charge in [-0.15, -0.1) is 11.3 Å². The van der Waals surface area contributed by atoms with E-state index in [9.17, 15) is 9.59 Å². The van der Waals surface area contributed by atoms with E-state index >= 15 is 0 Å². The highest BCUT2D eigenvalue weighted by molar-refractivity contribution is 7.10. The first-order chi connectivity index (χ1) is 11.1. The Morgan fingerprint density at radius 2 is 2.30 bits per heavy atom. The van der Waals surface area contributed by atoms with Crippen molar-refractivity contribution in [3.8, 4) is 0 Å². The lowest BCUT2D eigenvalue weighted by Gasteiger charge is -2.20. The molecule has 120 valence electrons. The predicted octanol–water partition coefficient (Wildman–Crippen LogP) is 4.03. The molecule has 4 nitrogen and oxygen atoms in total. The molecule has 0 amide bonds. The van der Waals surface area contributed by atoms with Gasteiger partial charge in [0.2, 0.25) is 0 Å². The van der Waals surface area contributed by atoms with E-state index in [0.29, 0.717) is 23.2 Å². The van der Waals surface area contributed by atoms with Gasteiger partial charge in [-0.2, -0.15) is 0 Å². The van der Waals surface area contributed by atoms with Gasteiger partial charge in [0.1, 0.15) is 12.3 Å². The van der Waals surface area contributed by atoms with Crippen LogP contribution in [0.25, 0.3) is 0 Å². The fourth-order valence-electron chi connectivity index (χ4n) is 3.05. The van der Waals surface area contributed by atoms with Crippen LogP contribution in [0.1, 0.15) is 56.2 Å². The summed E-state index contributed by atoms with van der Waals surface area (Å²) in [6.07, 6.45) is 4.85. The van der Waals surface area contributed by atoms with Crippen molar-refractivity contribution in [3.05, 3.63) is 57.1 Å². The van der Waals surface area contributed by atoms with Crippen molar-refractivity contribution in [2.45, 2.75) is 32.6 Å².